The molecule has 0 fully saturated rings. The van der Waals surface area contributed by atoms with E-state index in [9.17, 15) is 5.11 Å². The normalized spacial score (nSPS) is 11.9. The minimum Gasteiger partial charge on any atom is -0.393 e. The van der Waals surface area contributed by atoms with Crippen molar-refractivity contribution in [2.75, 3.05) is 0 Å². The molecule has 1 N–H and O–H groups in total. The molecular weight excluding hydrogens is 172 g/mol. The Bertz CT molecular complexity index is 164. The van der Waals surface area contributed by atoms with E-state index in [0.29, 0.717) is 0 Å². The monoisotopic (exact) mass is 196 g/mol. The highest BCUT2D eigenvalue weighted by Gasteiger charge is 1.99. The van der Waals surface area contributed by atoms with Crippen LogP contribution in [0.4, 0.5) is 0 Å². The number of unbranched alkanes of at least 4 members (excludes halogenated alkanes) is 3. The van der Waals surface area contributed by atoms with Gasteiger partial charge in [-0.15, -0.1) is 11.8 Å². The number of hydrogen-bond donors (Lipinski definition) is 1. The Kier molecular flexibility index (Phi) is 10.2. The number of aliphatic hydroxyl groups is 1. The molecule has 0 saturated carbocycles. The van der Waals surface area contributed by atoms with Gasteiger partial charge in [0.25, 0.3) is 0 Å². The van der Waals surface area contributed by atoms with Crippen molar-refractivity contribution in [3.05, 3.63) is 0 Å². The van der Waals surface area contributed by atoms with Gasteiger partial charge in [-0.3, -0.25) is 0 Å². The Morgan fingerprint density at radius 1 is 0.929 bits per heavy atom. The molecule has 1 heteroatoms. The van der Waals surface area contributed by atoms with Crippen LogP contribution in [0, 0.1) is 11.8 Å². The third-order valence-corrected chi connectivity index (χ3v) is 2.25. The molecule has 0 unspecified atom stereocenters. The van der Waals surface area contributed by atoms with E-state index in [1.807, 2.05) is 0 Å². The third-order valence-electron chi connectivity index (χ3n) is 2.25. The molecular formula is C13H24O. The molecule has 1 nitrogen and oxygen atoms in total. The highest BCUT2D eigenvalue weighted by atomic mass is 16.3. The zero-order chi connectivity index (χ0) is 10.6. The second-order valence-corrected chi connectivity index (χ2v) is 3.79. The number of hydrogen-bond acceptors (Lipinski definition) is 1. The fraction of sp³-hybridized carbons (Fsp3) is 0.846. The van der Waals surface area contributed by atoms with Gasteiger partial charge in [0, 0.05) is 12.8 Å². The summed E-state index contributed by atoms with van der Waals surface area (Å²) in [6.45, 7) is 4.30. The zero-order valence-corrected chi connectivity index (χ0v) is 9.68. The summed E-state index contributed by atoms with van der Waals surface area (Å²) >= 11 is 0. The average molecular weight is 196 g/mol. The van der Waals surface area contributed by atoms with Crippen LogP contribution in [0.3, 0.4) is 0 Å². The summed E-state index contributed by atoms with van der Waals surface area (Å²) in [5, 5.41) is 9.42. The van der Waals surface area contributed by atoms with Crippen molar-refractivity contribution in [3.8, 4) is 11.8 Å². The second-order valence-electron chi connectivity index (χ2n) is 3.79. The Morgan fingerprint density at radius 2 is 1.64 bits per heavy atom. The van der Waals surface area contributed by atoms with Crippen molar-refractivity contribution in [1.82, 2.24) is 0 Å². The molecule has 14 heavy (non-hydrogen) atoms. The summed E-state index contributed by atoms with van der Waals surface area (Å²) in [6, 6.07) is 0. The molecule has 0 heterocycles. The predicted octanol–water partition coefficient (Wildman–Crippen LogP) is 3.51. The Labute approximate surface area is 88.9 Å². The van der Waals surface area contributed by atoms with Gasteiger partial charge in [-0.2, -0.15) is 0 Å². The van der Waals surface area contributed by atoms with Crippen LogP contribution in [-0.4, -0.2) is 11.2 Å². The zero-order valence-electron chi connectivity index (χ0n) is 9.68. The van der Waals surface area contributed by atoms with Gasteiger partial charge >= 0.3 is 0 Å². The average Bonchev–Trinajstić information content (AvgIpc) is 2.17. The quantitative estimate of drug-likeness (QED) is 0.488. The van der Waals surface area contributed by atoms with Crippen molar-refractivity contribution < 1.29 is 5.11 Å². The van der Waals surface area contributed by atoms with E-state index < -0.39 is 0 Å². The topological polar surface area (TPSA) is 20.2 Å². The molecule has 0 bridgehead atoms. The van der Waals surface area contributed by atoms with Crippen LogP contribution >= 0.6 is 0 Å². The van der Waals surface area contributed by atoms with E-state index in [-0.39, 0.29) is 6.10 Å². The lowest BCUT2D eigenvalue weighted by molar-refractivity contribution is 0.155. The van der Waals surface area contributed by atoms with Crippen LogP contribution in [0.15, 0.2) is 0 Å². The van der Waals surface area contributed by atoms with Gasteiger partial charge in [0.2, 0.25) is 0 Å². The molecule has 0 aromatic heterocycles. The predicted molar refractivity (Wildman–Crippen MR) is 62.1 cm³/mol. The van der Waals surface area contributed by atoms with Crippen molar-refractivity contribution in [1.29, 1.82) is 0 Å². The van der Waals surface area contributed by atoms with Gasteiger partial charge in [-0.1, -0.05) is 33.1 Å². The van der Waals surface area contributed by atoms with Gasteiger partial charge in [0.15, 0.2) is 0 Å². The summed E-state index contributed by atoms with van der Waals surface area (Å²) in [5.74, 6) is 6.28. The maximum Gasteiger partial charge on any atom is 0.0549 e. The van der Waals surface area contributed by atoms with Crippen molar-refractivity contribution >= 4 is 0 Å². The lowest BCUT2D eigenvalue weighted by Crippen LogP contribution is -2.04. The molecule has 0 radical (unpaired) electrons. The molecule has 82 valence electrons. The molecule has 0 rings (SSSR count). The van der Waals surface area contributed by atoms with Crippen molar-refractivity contribution in [3.63, 3.8) is 0 Å². The first-order valence-corrected chi connectivity index (χ1v) is 5.95. The van der Waals surface area contributed by atoms with E-state index in [4.69, 9.17) is 0 Å². The standard InChI is InChI=1S/C13H24O/c1-3-5-6-7-8-9-10-12-13(14)11-4-2/h13-14H,3-7,10-12H2,1-2H3/t13-/m0/s1. The van der Waals surface area contributed by atoms with Gasteiger partial charge in [-0.05, 0) is 19.3 Å². The number of aliphatic hydroxyl groups excluding tert-OH is 1. The maximum absolute atomic E-state index is 9.42. The molecule has 0 aromatic carbocycles. The van der Waals surface area contributed by atoms with Gasteiger partial charge in [-0.25, -0.2) is 0 Å². The van der Waals surface area contributed by atoms with E-state index in [1.165, 1.54) is 19.3 Å². The van der Waals surface area contributed by atoms with Crippen LogP contribution < -0.4 is 0 Å². The first-order valence-electron chi connectivity index (χ1n) is 5.95. The maximum atomic E-state index is 9.42. The molecule has 0 amide bonds. The van der Waals surface area contributed by atoms with E-state index in [2.05, 4.69) is 25.7 Å². The first kappa shape index (κ1) is 13.5. The second kappa shape index (κ2) is 10.6. The molecule has 0 spiro atoms. The Balaban J connectivity index is 3.24. The smallest absolute Gasteiger partial charge is 0.0549 e. The summed E-state index contributed by atoms with van der Waals surface area (Å²) in [6.07, 6.45) is 8.33. The minimum atomic E-state index is -0.134. The third kappa shape index (κ3) is 9.61. The van der Waals surface area contributed by atoms with Crippen LogP contribution in [0.2, 0.25) is 0 Å². The lowest BCUT2D eigenvalue weighted by atomic mass is 10.1. The van der Waals surface area contributed by atoms with Crippen molar-refractivity contribution in [2.45, 2.75) is 71.3 Å². The fourth-order valence-corrected chi connectivity index (χ4v) is 1.36. The Morgan fingerprint density at radius 3 is 2.29 bits per heavy atom. The molecule has 0 aliphatic heterocycles. The van der Waals surface area contributed by atoms with Gasteiger partial charge < -0.3 is 5.11 Å². The van der Waals surface area contributed by atoms with Crippen LogP contribution in [-0.2, 0) is 0 Å². The fourth-order valence-electron chi connectivity index (χ4n) is 1.36. The molecule has 0 aliphatic carbocycles. The van der Waals surface area contributed by atoms with Gasteiger partial charge in [0.05, 0.1) is 6.10 Å². The molecule has 1 atom stereocenters. The largest absolute Gasteiger partial charge is 0.393 e. The molecule has 0 saturated heterocycles. The first-order chi connectivity index (χ1) is 6.81. The van der Waals surface area contributed by atoms with Gasteiger partial charge in [0.1, 0.15) is 0 Å². The van der Waals surface area contributed by atoms with Crippen LogP contribution in [0.1, 0.15) is 65.2 Å². The van der Waals surface area contributed by atoms with Crippen LogP contribution in [0.5, 0.6) is 0 Å². The van der Waals surface area contributed by atoms with Crippen LogP contribution in [0.25, 0.3) is 0 Å². The molecule has 0 aromatic rings. The summed E-state index contributed by atoms with van der Waals surface area (Å²) in [4.78, 5) is 0. The summed E-state index contributed by atoms with van der Waals surface area (Å²) < 4.78 is 0. The highest BCUT2D eigenvalue weighted by molar-refractivity contribution is 4.98. The van der Waals surface area contributed by atoms with E-state index in [0.717, 1.165) is 32.1 Å². The van der Waals surface area contributed by atoms with E-state index >= 15 is 0 Å². The lowest BCUT2D eigenvalue weighted by Gasteiger charge is -2.04. The molecule has 0 aliphatic rings. The summed E-state index contributed by atoms with van der Waals surface area (Å²) in [7, 11) is 0. The Hall–Kier alpha value is -0.480. The van der Waals surface area contributed by atoms with E-state index in [1.54, 1.807) is 0 Å². The summed E-state index contributed by atoms with van der Waals surface area (Å²) in [5.41, 5.74) is 0. The minimum absolute atomic E-state index is 0.134. The number of rotatable bonds is 7. The highest BCUT2D eigenvalue weighted by Crippen LogP contribution is 2.03. The van der Waals surface area contributed by atoms with Crippen molar-refractivity contribution in [2.24, 2.45) is 0 Å². The SMILES string of the molecule is CCCCCC#CCC[C@@H](O)CCC.